The van der Waals surface area contributed by atoms with E-state index in [0.29, 0.717) is 13.2 Å². The van der Waals surface area contributed by atoms with Crippen LogP contribution in [0.2, 0.25) is 0 Å². The van der Waals surface area contributed by atoms with Crippen LogP contribution in [0.15, 0.2) is 30.3 Å². The molecule has 0 spiro atoms. The molecule has 1 saturated heterocycles. The quantitative estimate of drug-likeness (QED) is 0.0666. The van der Waals surface area contributed by atoms with E-state index in [-0.39, 0.29) is 6.10 Å². The molecule has 234 valence electrons. The van der Waals surface area contributed by atoms with Gasteiger partial charge < -0.3 is 14.2 Å². The zero-order valence-electron chi connectivity index (χ0n) is 26.7. The first-order chi connectivity index (χ1) is 20.2. The molecule has 0 N–H and O–H groups in total. The third-order valence-corrected chi connectivity index (χ3v) is 8.27. The number of carbonyl (C=O) groups is 1. The smallest absolute Gasteiger partial charge is 0.333 e. The standard InChI is InChI=1S/C37H62O4/c1-3-5-7-9-10-11-12-13-14-15-16-17-18-19-20-21-23-33-25-27-34(28-26-33)29-30-36(38)41-37-32-39-35(31-40-37)24-22-8-6-4-2/h25-30,35,37H,3-24,31-32H2,1-2H3/b30-29+/t35-,37-/m0/s1. The molecule has 4 nitrogen and oxygen atoms in total. The normalized spacial score (nSPS) is 17.3. The molecule has 0 bridgehead atoms. The number of esters is 1. The molecule has 0 aromatic heterocycles. The molecule has 1 heterocycles. The van der Waals surface area contributed by atoms with Crippen LogP contribution < -0.4 is 0 Å². The van der Waals surface area contributed by atoms with E-state index in [1.165, 1.54) is 134 Å². The average Bonchev–Trinajstić information content (AvgIpc) is 2.99. The van der Waals surface area contributed by atoms with Crippen molar-refractivity contribution in [2.45, 2.75) is 167 Å². The van der Waals surface area contributed by atoms with Crippen molar-refractivity contribution in [2.75, 3.05) is 13.2 Å². The molecule has 41 heavy (non-hydrogen) atoms. The first-order valence-corrected chi connectivity index (χ1v) is 17.4. The summed E-state index contributed by atoms with van der Waals surface area (Å²) in [6.07, 6.45) is 32.3. The van der Waals surface area contributed by atoms with Gasteiger partial charge in [0.05, 0.1) is 12.7 Å². The van der Waals surface area contributed by atoms with Gasteiger partial charge in [-0.1, -0.05) is 160 Å². The molecule has 1 fully saturated rings. The van der Waals surface area contributed by atoms with Crippen LogP contribution in [0.4, 0.5) is 0 Å². The van der Waals surface area contributed by atoms with Gasteiger partial charge in [-0.3, -0.25) is 0 Å². The molecule has 0 saturated carbocycles. The number of carbonyl (C=O) groups excluding carboxylic acids is 1. The van der Waals surface area contributed by atoms with E-state index >= 15 is 0 Å². The van der Waals surface area contributed by atoms with Crippen molar-refractivity contribution in [2.24, 2.45) is 0 Å². The highest BCUT2D eigenvalue weighted by molar-refractivity contribution is 5.87. The van der Waals surface area contributed by atoms with Gasteiger partial charge in [-0.2, -0.15) is 0 Å². The second kappa shape index (κ2) is 24.9. The fourth-order valence-corrected chi connectivity index (χ4v) is 5.56. The van der Waals surface area contributed by atoms with E-state index in [0.717, 1.165) is 24.8 Å². The van der Waals surface area contributed by atoms with Gasteiger partial charge >= 0.3 is 5.97 Å². The van der Waals surface area contributed by atoms with Crippen LogP contribution in [0.1, 0.15) is 160 Å². The molecule has 1 aromatic carbocycles. The van der Waals surface area contributed by atoms with Gasteiger partial charge in [-0.05, 0) is 36.5 Å². The van der Waals surface area contributed by atoms with Crippen molar-refractivity contribution in [1.82, 2.24) is 0 Å². The Labute approximate surface area is 253 Å². The third-order valence-electron chi connectivity index (χ3n) is 8.27. The Bertz CT molecular complexity index is 764. The second-order valence-electron chi connectivity index (χ2n) is 12.1. The number of hydrogen-bond acceptors (Lipinski definition) is 4. The van der Waals surface area contributed by atoms with E-state index in [2.05, 4.69) is 38.1 Å². The molecule has 0 amide bonds. The number of unbranched alkanes of at least 4 members (excludes halogenated alkanes) is 18. The highest BCUT2D eigenvalue weighted by atomic mass is 16.7. The monoisotopic (exact) mass is 570 g/mol. The zero-order chi connectivity index (χ0) is 29.2. The Morgan fingerprint density at radius 1 is 0.683 bits per heavy atom. The Morgan fingerprint density at radius 2 is 1.20 bits per heavy atom. The van der Waals surface area contributed by atoms with Crippen LogP contribution in [-0.4, -0.2) is 31.6 Å². The van der Waals surface area contributed by atoms with E-state index in [1.54, 1.807) is 6.08 Å². The summed E-state index contributed by atoms with van der Waals surface area (Å²) in [5.41, 5.74) is 2.37. The Morgan fingerprint density at radius 3 is 1.71 bits per heavy atom. The van der Waals surface area contributed by atoms with Crippen LogP contribution in [0.25, 0.3) is 6.08 Å². The number of hydrogen-bond donors (Lipinski definition) is 0. The van der Waals surface area contributed by atoms with E-state index in [4.69, 9.17) is 14.2 Å². The van der Waals surface area contributed by atoms with Gasteiger partial charge in [0.15, 0.2) is 0 Å². The number of aryl methyl sites for hydroxylation is 1. The fourth-order valence-electron chi connectivity index (χ4n) is 5.56. The first kappa shape index (κ1) is 35.5. The fraction of sp³-hybridized carbons (Fsp3) is 0.757. The molecule has 1 aliphatic rings. The summed E-state index contributed by atoms with van der Waals surface area (Å²) < 4.78 is 16.9. The summed E-state index contributed by atoms with van der Waals surface area (Å²) in [6, 6.07) is 8.51. The highest BCUT2D eigenvalue weighted by Gasteiger charge is 2.24. The lowest BCUT2D eigenvalue weighted by molar-refractivity contribution is -0.229. The lowest BCUT2D eigenvalue weighted by Gasteiger charge is -2.28. The molecule has 0 aliphatic carbocycles. The summed E-state index contributed by atoms with van der Waals surface area (Å²) in [7, 11) is 0. The van der Waals surface area contributed by atoms with Crippen molar-refractivity contribution < 1.29 is 19.0 Å². The van der Waals surface area contributed by atoms with E-state index in [9.17, 15) is 4.79 Å². The van der Waals surface area contributed by atoms with Crippen LogP contribution >= 0.6 is 0 Å². The van der Waals surface area contributed by atoms with Crippen molar-refractivity contribution in [3.8, 4) is 0 Å². The van der Waals surface area contributed by atoms with E-state index < -0.39 is 12.3 Å². The van der Waals surface area contributed by atoms with Gasteiger partial charge in [0.2, 0.25) is 6.29 Å². The Balaban J connectivity index is 1.43. The van der Waals surface area contributed by atoms with Crippen molar-refractivity contribution in [3.63, 3.8) is 0 Å². The van der Waals surface area contributed by atoms with Gasteiger partial charge in [-0.25, -0.2) is 4.79 Å². The molecule has 2 atom stereocenters. The van der Waals surface area contributed by atoms with Gasteiger partial charge in [-0.15, -0.1) is 0 Å². The maximum absolute atomic E-state index is 12.2. The minimum Gasteiger partial charge on any atom is -0.430 e. The summed E-state index contributed by atoms with van der Waals surface area (Å²) in [4.78, 5) is 12.2. The molecule has 0 unspecified atom stereocenters. The van der Waals surface area contributed by atoms with Crippen molar-refractivity contribution in [1.29, 1.82) is 0 Å². The maximum atomic E-state index is 12.2. The van der Waals surface area contributed by atoms with Gasteiger partial charge in [0, 0.05) is 6.08 Å². The van der Waals surface area contributed by atoms with Gasteiger partial charge in [0.25, 0.3) is 0 Å². The maximum Gasteiger partial charge on any atom is 0.333 e. The SMILES string of the molecule is CCCCCCCCCCCCCCCCCCc1ccc(/C=C/C(=O)O[C@H]2CO[C@@H](CCCCCC)CO2)cc1. The average molecular weight is 571 g/mol. The topological polar surface area (TPSA) is 44.8 Å². The zero-order valence-corrected chi connectivity index (χ0v) is 26.7. The first-order valence-electron chi connectivity index (χ1n) is 17.4. The van der Waals surface area contributed by atoms with Crippen LogP contribution in [-0.2, 0) is 25.4 Å². The van der Waals surface area contributed by atoms with Crippen LogP contribution in [0.3, 0.4) is 0 Å². The van der Waals surface area contributed by atoms with Crippen LogP contribution in [0.5, 0.6) is 0 Å². The molecule has 1 aromatic rings. The van der Waals surface area contributed by atoms with E-state index in [1.807, 2.05) is 0 Å². The Hall–Kier alpha value is -1.65. The van der Waals surface area contributed by atoms with Gasteiger partial charge in [0.1, 0.15) is 6.61 Å². The molecule has 1 aliphatic heterocycles. The lowest BCUT2D eigenvalue weighted by Crippen LogP contribution is -2.38. The predicted octanol–water partition coefficient (Wildman–Crippen LogP) is 10.8. The van der Waals surface area contributed by atoms with Crippen LogP contribution in [0, 0.1) is 0 Å². The third kappa shape index (κ3) is 19.2. The molecule has 4 heteroatoms. The molecule has 0 radical (unpaired) electrons. The summed E-state index contributed by atoms with van der Waals surface area (Å²) >= 11 is 0. The summed E-state index contributed by atoms with van der Waals surface area (Å²) in [6.45, 7) is 5.31. The predicted molar refractivity (Wildman–Crippen MR) is 173 cm³/mol. The van der Waals surface area contributed by atoms with Crippen molar-refractivity contribution >= 4 is 12.0 Å². The molecular weight excluding hydrogens is 508 g/mol. The largest absolute Gasteiger partial charge is 0.430 e. The minimum absolute atomic E-state index is 0.120. The summed E-state index contributed by atoms with van der Waals surface area (Å²) in [5, 5.41) is 0. The number of benzene rings is 1. The number of ether oxygens (including phenoxy) is 3. The second-order valence-corrected chi connectivity index (χ2v) is 12.1. The number of rotatable bonds is 25. The molecule has 2 rings (SSSR count). The highest BCUT2D eigenvalue weighted by Crippen LogP contribution is 2.17. The Kier molecular flexibility index (Phi) is 21.6. The lowest BCUT2D eigenvalue weighted by atomic mass is 10.0. The summed E-state index contributed by atoms with van der Waals surface area (Å²) in [5.74, 6) is -0.391. The minimum atomic E-state index is -0.610. The molecular formula is C37H62O4. The van der Waals surface area contributed by atoms with Crippen molar-refractivity contribution in [3.05, 3.63) is 41.5 Å².